The van der Waals surface area contributed by atoms with Crippen LogP contribution in [0, 0.1) is 17.8 Å². The molecule has 1 aliphatic rings. The van der Waals surface area contributed by atoms with Gasteiger partial charge < -0.3 is 10.2 Å². The maximum Gasteiger partial charge on any atom is 0.303 e. The van der Waals surface area contributed by atoms with Gasteiger partial charge in [0, 0.05) is 6.42 Å². The van der Waals surface area contributed by atoms with Crippen molar-refractivity contribution in [2.45, 2.75) is 85.2 Å². The predicted octanol–water partition coefficient (Wildman–Crippen LogP) is 4.48. The molecule has 1 rings (SSSR count). The van der Waals surface area contributed by atoms with Crippen LogP contribution in [0.15, 0.2) is 0 Å². The number of aliphatic hydroxyl groups excluding tert-OH is 1. The van der Waals surface area contributed by atoms with Crippen LogP contribution < -0.4 is 0 Å². The van der Waals surface area contributed by atoms with Gasteiger partial charge in [-0.3, -0.25) is 4.79 Å². The average molecular weight is 286 g/mol. The second-order valence-corrected chi connectivity index (χ2v) is 6.60. The minimum atomic E-state index is -0.675. The fraction of sp³-hybridized carbons (Fsp3) is 0.941. The van der Waals surface area contributed by atoms with Crippen LogP contribution in [0.2, 0.25) is 0 Å². The molecule has 3 unspecified atom stereocenters. The van der Waals surface area contributed by atoms with Gasteiger partial charge in [0.2, 0.25) is 0 Å². The number of aliphatic hydroxyl groups is 1. The van der Waals surface area contributed by atoms with E-state index in [2.05, 4.69) is 27.7 Å². The number of unbranched alkanes of at least 4 members (excludes halogenated alkanes) is 3. The largest absolute Gasteiger partial charge is 0.481 e. The van der Waals surface area contributed by atoms with Crippen LogP contribution in [0.5, 0.6) is 0 Å². The third kappa shape index (κ3) is 9.35. The zero-order valence-corrected chi connectivity index (χ0v) is 13.8. The predicted molar refractivity (Wildman–Crippen MR) is 83.7 cm³/mol. The quantitative estimate of drug-likeness (QED) is 0.708. The fourth-order valence-corrected chi connectivity index (χ4v) is 2.85. The smallest absolute Gasteiger partial charge is 0.303 e. The van der Waals surface area contributed by atoms with E-state index in [0.29, 0.717) is 18.3 Å². The van der Waals surface area contributed by atoms with Gasteiger partial charge in [0.05, 0.1) is 6.10 Å². The molecule has 0 aromatic rings. The number of carboxylic acid groups (broad SMARTS) is 1. The average Bonchev–Trinajstić information content (AvgIpc) is 2.34. The Morgan fingerprint density at radius 2 is 1.85 bits per heavy atom. The molecule has 0 heterocycles. The first-order valence-electron chi connectivity index (χ1n) is 8.28. The molecule has 0 amide bonds. The molecule has 3 nitrogen and oxygen atoms in total. The second kappa shape index (κ2) is 11.1. The zero-order valence-electron chi connectivity index (χ0n) is 13.8. The molecule has 1 saturated carbocycles. The van der Waals surface area contributed by atoms with Crippen molar-refractivity contribution in [1.29, 1.82) is 0 Å². The molecule has 0 aromatic heterocycles. The van der Waals surface area contributed by atoms with Crippen molar-refractivity contribution in [3.8, 4) is 0 Å². The maximum atomic E-state index is 9.96. The van der Waals surface area contributed by atoms with Gasteiger partial charge in [0.1, 0.15) is 0 Å². The third-order valence-corrected chi connectivity index (χ3v) is 4.23. The molecule has 0 radical (unpaired) electrons. The monoisotopic (exact) mass is 286 g/mol. The van der Waals surface area contributed by atoms with Crippen LogP contribution in [0.4, 0.5) is 0 Å². The molecule has 20 heavy (non-hydrogen) atoms. The van der Waals surface area contributed by atoms with Crippen molar-refractivity contribution in [2.24, 2.45) is 17.8 Å². The number of carboxylic acids is 1. The summed E-state index contributed by atoms with van der Waals surface area (Å²) in [5.41, 5.74) is 0. The van der Waals surface area contributed by atoms with Crippen LogP contribution in [0.25, 0.3) is 0 Å². The number of rotatable bonds is 6. The van der Waals surface area contributed by atoms with E-state index in [4.69, 9.17) is 5.11 Å². The molecule has 1 fully saturated rings. The van der Waals surface area contributed by atoms with Gasteiger partial charge in [-0.2, -0.15) is 0 Å². The van der Waals surface area contributed by atoms with Crippen LogP contribution in [-0.2, 0) is 4.79 Å². The Morgan fingerprint density at radius 1 is 1.20 bits per heavy atom. The molecule has 3 atom stereocenters. The van der Waals surface area contributed by atoms with Gasteiger partial charge in [-0.15, -0.1) is 0 Å². The summed E-state index contributed by atoms with van der Waals surface area (Å²) in [6.07, 6.45) is 8.07. The van der Waals surface area contributed by atoms with E-state index in [0.717, 1.165) is 31.6 Å². The molecular formula is C17H34O3. The summed E-state index contributed by atoms with van der Waals surface area (Å²) in [6.45, 7) is 8.77. The summed E-state index contributed by atoms with van der Waals surface area (Å²) in [7, 11) is 0. The van der Waals surface area contributed by atoms with Crippen LogP contribution in [0.3, 0.4) is 0 Å². The summed E-state index contributed by atoms with van der Waals surface area (Å²) < 4.78 is 0. The molecule has 0 aromatic carbocycles. The number of hydrogen-bond donors (Lipinski definition) is 2. The van der Waals surface area contributed by atoms with Crippen molar-refractivity contribution in [3.63, 3.8) is 0 Å². The highest BCUT2D eigenvalue weighted by molar-refractivity contribution is 5.66. The molecule has 0 spiro atoms. The van der Waals surface area contributed by atoms with Crippen molar-refractivity contribution in [2.75, 3.05) is 0 Å². The zero-order chi connectivity index (χ0) is 15.5. The first-order valence-corrected chi connectivity index (χ1v) is 8.28. The maximum absolute atomic E-state index is 9.96. The lowest BCUT2D eigenvalue weighted by atomic mass is 9.75. The van der Waals surface area contributed by atoms with E-state index >= 15 is 0 Å². The van der Waals surface area contributed by atoms with E-state index in [1.807, 2.05) is 0 Å². The van der Waals surface area contributed by atoms with Gasteiger partial charge in [-0.25, -0.2) is 0 Å². The Bertz CT molecular complexity index is 251. The highest BCUT2D eigenvalue weighted by Crippen LogP contribution is 2.33. The summed E-state index contributed by atoms with van der Waals surface area (Å²) >= 11 is 0. The lowest BCUT2D eigenvalue weighted by Gasteiger charge is -2.33. The Hall–Kier alpha value is -0.570. The van der Waals surface area contributed by atoms with Crippen LogP contribution >= 0.6 is 0 Å². The Balaban J connectivity index is 0.000000370. The standard InChI is InChI=1S/C10H20O.C7H14O2/c1-7(2)9-5-4-8(3)6-10(9)11;1-2-3-4-5-6-7(8)9/h7-11H,4-6H2,1-3H3;2-6H2,1H3,(H,8,9). The molecule has 2 N–H and O–H groups in total. The van der Waals surface area contributed by atoms with E-state index < -0.39 is 5.97 Å². The Labute approximate surface area is 124 Å². The van der Waals surface area contributed by atoms with Gasteiger partial charge in [0.15, 0.2) is 0 Å². The molecule has 3 heteroatoms. The van der Waals surface area contributed by atoms with Gasteiger partial charge in [0.25, 0.3) is 0 Å². The lowest BCUT2D eigenvalue weighted by molar-refractivity contribution is -0.137. The lowest BCUT2D eigenvalue weighted by Crippen LogP contribution is -2.31. The normalized spacial score (nSPS) is 26.0. The molecule has 0 aliphatic heterocycles. The van der Waals surface area contributed by atoms with Crippen molar-refractivity contribution < 1.29 is 15.0 Å². The topological polar surface area (TPSA) is 57.5 Å². The minimum absolute atomic E-state index is 0.0289. The highest BCUT2D eigenvalue weighted by Gasteiger charge is 2.28. The highest BCUT2D eigenvalue weighted by atomic mass is 16.4. The summed E-state index contributed by atoms with van der Waals surface area (Å²) in [5, 5.41) is 17.9. The van der Waals surface area contributed by atoms with E-state index in [9.17, 15) is 9.90 Å². The van der Waals surface area contributed by atoms with Crippen LogP contribution in [0.1, 0.15) is 79.1 Å². The first kappa shape index (κ1) is 19.4. The SMILES string of the molecule is CC1CCC(C(C)C)C(O)C1.CCCCCCC(=O)O. The van der Waals surface area contributed by atoms with Crippen molar-refractivity contribution in [1.82, 2.24) is 0 Å². The van der Waals surface area contributed by atoms with Crippen LogP contribution in [-0.4, -0.2) is 22.3 Å². The minimum Gasteiger partial charge on any atom is -0.481 e. The van der Waals surface area contributed by atoms with E-state index in [-0.39, 0.29) is 6.10 Å². The van der Waals surface area contributed by atoms with Gasteiger partial charge in [-0.1, -0.05) is 53.4 Å². The Morgan fingerprint density at radius 3 is 2.30 bits per heavy atom. The van der Waals surface area contributed by atoms with Gasteiger partial charge in [-0.05, 0) is 37.0 Å². The third-order valence-electron chi connectivity index (χ3n) is 4.23. The second-order valence-electron chi connectivity index (χ2n) is 6.60. The summed E-state index contributed by atoms with van der Waals surface area (Å²) in [4.78, 5) is 9.96. The molecule has 1 aliphatic carbocycles. The Kier molecular flexibility index (Phi) is 10.8. The van der Waals surface area contributed by atoms with Gasteiger partial charge >= 0.3 is 5.97 Å². The van der Waals surface area contributed by atoms with Crippen molar-refractivity contribution in [3.05, 3.63) is 0 Å². The number of carbonyl (C=O) groups is 1. The number of hydrogen-bond acceptors (Lipinski definition) is 2. The first-order chi connectivity index (χ1) is 9.38. The molecule has 120 valence electrons. The van der Waals surface area contributed by atoms with E-state index in [1.54, 1.807) is 0 Å². The summed E-state index contributed by atoms with van der Waals surface area (Å²) in [5.74, 6) is 1.27. The summed E-state index contributed by atoms with van der Waals surface area (Å²) in [6, 6.07) is 0. The van der Waals surface area contributed by atoms with Crippen molar-refractivity contribution >= 4 is 5.97 Å². The van der Waals surface area contributed by atoms with E-state index in [1.165, 1.54) is 19.3 Å². The molecule has 0 bridgehead atoms. The fourth-order valence-electron chi connectivity index (χ4n) is 2.85. The molecular weight excluding hydrogens is 252 g/mol. The molecule has 0 saturated heterocycles. The number of aliphatic carboxylic acids is 1.